The van der Waals surface area contributed by atoms with Crippen LogP contribution in [0.15, 0.2) is 18.2 Å². The summed E-state index contributed by atoms with van der Waals surface area (Å²) in [4.78, 5) is 21.4. The summed E-state index contributed by atoms with van der Waals surface area (Å²) in [6.07, 6.45) is 0. The molecule has 86 valence electrons. The molecule has 0 spiro atoms. The zero-order valence-corrected chi connectivity index (χ0v) is 8.93. The van der Waals surface area contributed by atoms with Gasteiger partial charge in [-0.1, -0.05) is 0 Å². The average Bonchev–Trinajstić information content (AvgIpc) is 2.28. The quantitative estimate of drug-likeness (QED) is 0.441. The third-order valence-corrected chi connectivity index (χ3v) is 1.97. The number of hydrogen-bond donors (Lipinski definition) is 0. The van der Waals surface area contributed by atoms with Crippen molar-refractivity contribution in [3.05, 3.63) is 39.4 Å². The van der Waals surface area contributed by atoms with Crippen LogP contribution in [0.5, 0.6) is 0 Å². The van der Waals surface area contributed by atoms with Gasteiger partial charge in [0.15, 0.2) is 0 Å². The van der Waals surface area contributed by atoms with Crippen LogP contribution in [0.4, 0.5) is 5.69 Å². The minimum absolute atomic E-state index is 0.0675. The van der Waals surface area contributed by atoms with Crippen molar-refractivity contribution >= 4 is 11.7 Å². The van der Waals surface area contributed by atoms with Gasteiger partial charge in [0, 0.05) is 13.2 Å². The van der Waals surface area contributed by atoms with Crippen LogP contribution in [0.2, 0.25) is 0 Å². The molecule has 6 nitrogen and oxygen atoms in total. The number of carbonyl (C=O) groups is 1. The van der Waals surface area contributed by atoms with Crippen LogP contribution < -0.4 is 0 Å². The van der Waals surface area contributed by atoms with Crippen LogP contribution in [-0.4, -0.2) is 25.1 Å². The SMILES string of the molecule is COCc1ccc([N+](=O)[O-])c(C(=O)OC)c1. The molecular weight excluding hydrogens is 214 g/mol. The molecule has 0 bridgehead atoms. The Bertz CT molecular complexity index is 416. The highest BCUT2D eigenvalue weighted by atomic mass is 16.6. The Kier molecular flexibility index (Phi) is 3.96. The zero-order valence-electron chi connectivity index (χ0n) is 8.93. The summed E-state index contributed by atoms with van der Waals surface area (Å²) in [6, 6.07) is 4.20. The predicted octanol–water partition coefficient (Wildman–Crippen LogP) is 1.53. The van der Waals surface area contributed by atoms with E-state index in [0.717, 1.165) is 0 Å². The minimum atomic E-state index is -0.732. The number of esters is 1. The van der Waals surface area contributed by atoms with Crippen molar-refractivity contribution in [2.75, 3.05) is 14.2 Å². The topological polar surface area (TPSA) is 78.7 Å². The first-order chi connectivity index (χ1) is 7.60. The summed E-state index contributed by atoms with van der Waals surface area (Å²) in [5, 5.41) is 10.7. The number of methoxy groups -OCH3 is 2. The van der Waals surface area contributed by atoms with E-state index in [1.165, 1.54) is 32.4 Å². The lowest BCUT2D eigenvalue weighted by atomic mass is 10.1. The van der Waals surface area contributed by atoms with Gasteiger partial charge in [-0.2, -0.15) is 0 Å². The van der Waals surface area contributed by atoms with Gasteiger partial charge >= 0.3 is 5.97 Å². The molecule has 0 N–H and O–H groups in total. The van der Waals surface area contributed by atoms with E-state index in [9.17, 15) is 14.9 Å². The first-order valence-electron chi connectivity index (χ1n) is 4.44. The Morgan fingerprint density at radius 3 is 2.62 bits per heavy atom. The Balaban J connectivity index is 3.21. The molecule has 0 aliphatic carbocycles. The van der Waals surface area contributed by atoms with Gasteiger partial charge in [-0.25, -0.2) is 4.79 Å². The van der Waals surface area contributed by atoms with Gasteiger partial charge in [-0.05, 0) is 17.7 Å². The number of nitro benzene ring substituents is 1. The molecular formula is C10H11NO5. The number of nitro groups is 1. The fourth-order valence-electron chi connectivity index (χ4n) is 1.27. The van der Waals surface area contributed by atoms with Gasteiger partial charge in [0.1, 0.15) is 5.56 Å². The number of hydrogen-bond acceptors (Lipinski definition) is 5. The molecule has 16 heavy (non-hydrogen) atoms. The van der Waals surface area contributed by atoms with E-state index in [0.29, 0.717) is 5.56 Å². The van der Waals surface area contributed by atoms with Crippen molar-refractivity contribution in [1.82, 2.24) is 0 Å². The van der Waals surface area contributed by atoms with Crippen molar-refractivity contribution in [3.63, 3.8) is 0 Å². The summed E-state index contributed by atoms with van der Waals surface area (Å²) in [6.45, 7) is 0.280. The molecule has 0 saturated carbocycles. The molecule has 0 aliphatic rings. The van der Waals surface area contributed by atoms with Gasteiger partial charge in [-0.3, -0.25) is 10.1 Å². The molecule has 1 rings (SSSR count). The van der Waals surface area contributed by atoms with Crippen molar-refractivity contribution < 1.29 is 19.2 Å². The largest absolute Gasteiger partial charge is 0.465 e. The average molecular weight is 225 g/mol. The third-order valence-electron chi connectivity index (χ3n) is 1.97. The maximum atomic E-state index is 11.3. The van der Waals surface area contributed by atoms with Crippen LogP contribution in [0.25, 0.3) is 0 Å². The predicted molar refractivity (Wildman–Crippen MR) is 55.1 cm³/mol. The van der Waals surface area contributed by atoms with Gasteiger partial charge in [0.2, 0.25) is 0 Å². The summed E-state index contributed by atoms with van der Waals surface area (Å²) in [7, 11) is 2.67. The van der Waals surface area contributed by atoms with E-state index >= 15 is 0 Å². The highest BCUT2D eigenvalue weighted by molar-refractivity contribution is 5.94. The third kappa shape index (κ3) is 2.54. The molecule has 6 heteroatoms. The van der Waals surface area contributed by atoms with Gasteiger partial charge < -0.3 is 9.47 Å². The van der Waals surface area contributed by atoms with E-state index in [1.807, 2.05) is 0 Å². The summed E-state index contributed by atoms with van der Waals surface area (Å²) >= 11 is 0. The Morgan fingerprint density at radius 1 is 1.44 bits per heavy atom. The Hall–Kier alpha value is -1.95. The van der Waals surface area contributed by atoms with E-state index in [1.54, 1.807) is 0 Å². The normalized spacial score (nSPS) is 9.88. The summed E-state index contributed by atoms with van der Waals surface area (Å²) in [5.74, 6) is -0.732. The van der Waals surface area contributed by atoms with Crippen LogP contribution in [0.1, 0.15) is 15.9 Å². The lowest BCUT2D eigenvalue weighted by Crippen LogP contribution is -2.06. The fraction of sp³-hybridized carbons (Fsp3) is 0.300. The molecule has 0 aromatic heterocycles. The molecule has 0 radical (unpaired) electrons. The molecule has 0 aliphatic heterocycles. The maximum Gasteiger partial charge on any atom is 0.344 e. The van der Waals surface area contributed by atoms with Crippen LogP contribution in [-0.2, 0) is 16.1 Å². The second-order valence-electron chi connectivity index (χ2n) is 3.03. The summed E-state index contributed by atoms with van der Waals surface area (Å²) < 4.78 is 9.35. The van der Waals surface area contributed by atoms with E-state index in [-0.39, 0.29) is 17.9 Å². The van der Waals surface area contributed by atoms with Crippen LogP contribution in [0, 0.1) is 10.1 Å². The first-order valence-corrected chi connectivity index (χ1v) is 4.44. The van der Waals surface area contributed by atoms with Crippen LogP contribution in [0.3, 0.4) is 0 Å². The van der Waals surface area contributed by atoms with E-state index in [2.05, 4.69) is 4.74 Å². The Labute approximate surface area is 91.9 Å². The van der Waals surface area contributed by atoms with Crippen molar-refractivity contribution in [2.45, 2.75) is 6.61 Å². The lowest BCUT2D eigenvalue weighted by molar-refractivity contribution is -0.385. The van der Waals surface area contributed by atoms with E-state index < -0.39 is 10.9 Å². The summed E-state index contributed by atoms with van der Waals surface area (Å²) in [5.41, 5.74) is 0.335. The van der Waals surface area contributed by atoms with Crippen molar-refractivity contribution in [3.8, 4) is 0 Å². The molecule has 0 amide bonds. The van der Waals surface area contributed by atoms with Crippen LogP contribution >= 0.6 is 0 Å². The molecule has 0 atom stereocenters. The Morgan fingerprint density at radius 2 is 2.12 bits per heavy atom. The molecule has 0 heterocycles. The smallest absolute Gasteiger partial charge is 0.344 e. The second-order valence-corrected chi connectivity index (χ2v) is 3.03. The lowest BCUT2D eigenvalue weighted by Gasteiger charge is -2.04. The highest BCUT2D eigenvalue weighted by Gasteiger charge is 2.20. The maximum absolute atomic E-state index is 11.3. The standard InChI is InChI=1S/C10H11NO5/c1-15-6-7-3-4-9(11(13)14)8(5-7)10(12)16-2/h3-5H,6H2,1-2H3. The number of rotatable bonds is 4. The molecule has 0 fully saturated rings. The van der Waals surface area contributed by atoms with E-state index in [4.69, 9.17) is 4.74 Å². The van der Waals surface area contributed by atoms with Crippen molar-refractivity contribution in [2.24, 2.45) is 0 Å². The number of nitrogens with zero attached hydrogens (tertiary/aromatic N) is 1. The molecule has 1 aromatic carbocycles. The monoisotopic (exact) mass is 225 g/mol. The highest BCUT2D eigenvalue weighted by Crippen LogP contribution is 2.21. The minimum Gasteiger partial charge on any atom is -0.465 e. The number of ether oxygens (including phenoxy) is 2. The number of benzene rings is 1. The number of carbonyl (C=O) groups excluding carboxylic acids is 1. The van der Waals surface area contributed by atoms with Crippen molar-refractivity contribution in [1.29, 1.82) is 0 Å². The second kappa shape index (κ2) is 5.22. The molecule has 1 aromatic rings. The van der Waals surface area contributed by atoms with Gasteiger partial charge in [-0.15, -0.1) is 0 Å². The van der Waals surface area contributed by atoms with Gasteiger partial charge in [0.25, 0.3) is 5.69 Å². The zero-order chi connectivity index (χ0) is 12.1. The first kappa shape index (κ1) is 12.1. The van der Waals surface area contributed by atoms with Gasteiger partial charge in [0.05, 0.1) is 18.6 Å². The molecule has 0 saturated heterocycles. The fourth-order valence-corrected chi connectivity index (χ4v) is 1.27. The molecule has 0 unspecified atom stereocenters.